The molecule has 106 valence electrons. The molecule has 1 aromatic heterocycles. The summed E-state index contributed by atoms with van der Waals surface area (Å²) in [5.74, 6) is 0.704. The first-order valence-corrected chi connectivity index (χ1v) is 7.65. The molecule has 0 aliphatic heterocycles. The normalized spacial score (nSPS) is 14.0. The van der Waals surface area contributed by atoms with Crippen LogP contribution < -0.4 is 11.1 Å². The van der Waals surface area contributed by atoms with E-state index in [1.807, 2.05) is 19.1 Å². The number of carbonyl (C=O) groups excluding carboxylic acids is 1. The number of nitrogens with zero attached hydrogens (tertiary/aromatic N) is 1. The summed E-state index contributed by atoms with van der Waals surface area (Å²) >= 11 is 1.78. The largest absolute Gasteiger partial charge is 0.368 e. The van der Waals surface area contributed by atoms with Crippen molar-refractivity contribution in [1.29, 1.82) is 0 Å². The number of aromatic nitrogens is 1. The first-order chi connectivity index (χ1) is 9.08. The van der Waals surface area contributed by atoms with Crippen molar-refractivity contribution in [2.75, 3.05) is 12.3 Å². The Morgan fingerprint density at radius 2 is 2.16 bits per heavy atom. The second kappa shape index (κ2) is 8.17. The van der Waals surface area contributed by atoms with Crippen LogP contribution in [0.2, 0.25) is 0 Å². The fraction of sp³-hybridized carbons (Fsp3) is 0.571. The van der Waals surface area contributed by atoms with Crippen LogP contribution in [0.5, 0.6) is 0 Å². The average Bonchev–Trinajstić information content (AvgIpc) is 2.42. The molecule has 0 saturated heterocycles. The lowest BCUT2D eigenvalue weighted by molar-refractivity contribution is -0.124. The van der Waals surface area contributed by atoms with Crippen LogP contribution >= 0.6 is 11.8 Å². The van der Waals surface area contributed by atoms with E-state index in [1.165, 1.54) is 4.90 Å². The monoisotopic (exact) mass is 281 g/mol. The highest BCUT2D eigenvalue weighted by molar-refractivity contribution is 7.99. The highest BCUT2D eigenvalue weighted by Gasteiger charge is 2.29. The van der Waals surface area contributed by atoms with Crippen LogP contribution in [0.1, 0.15) is 33.1 Å². The van der Waals surface area contributed by atoms with Crippen LogP contribution in [0.15, 0.2) is 29.4 Å². The van der Waals surface area contributed by atoms with Gasteiger partial charge in [0.1, 0.15) is 0 Å². The van der Waals surface area contributed by atoms with Crippen molar-refractivity contribution in [2.45, 2.75) is 43.5 Å². The van der Waals surface area contributed by atoms with Crippen molar-refractivity contribution in [3.05, 3.63) is 24.5 Å². The number of hydrogen-bond donors (Lipinski definition) is 2. The van der Waals surface area contributed by atoms with Crippen LogP contribution in [-0.2, 0) is 4.79 Å². The van der Waals surface area contributed by atoms with E-state index in [-0.39, 0.29) is 5.91 Å². The number of pyridine rings is 1. The number of nitrogens with one attached hydrogen (secondary N) is 1. The zero-order valence-electron chi connectivity index (χ0n) is 11.7. The smallest absolute Gasteiger partial charge is 0.237 e. The number of hydrogen-bond acceptors (Lipinski definition) is 4. The number of amides is 1. The van der Waals surface area contributed by atoms with Gasteiger partial charge >= 0.3 is 0 Å². The van der Waals surface area contributed by atoms with Gasteiger partial charge in [-0.1, -0.05) is 6.92 Å². The van der Waals surface area contributed by atoms with Gasteiger partial charge in [-0.3, -0.25) is 9.78 Å². The van der Waals surface area contributed by atoms with Crippen molar-refractivity contribution >= 4 is 17.7 Å². The molecule has 0 saturated carbocycles. The van der Waals surface area contributed by atoms with Crippen LogP contribution in [0.25, 0.3) is 0 Å². The minimum Gasteiger partial charge on any atom is -0.368 e. The fourth-order valence-electron chi connectivity index (χ4n) is 1.75. The molecule has 1 atom stereocenters. The van der Waals surface area contributed by atoms with Crippen LogP contribution in [0.4, 0.5) is 0 Å². The molecule has 0 radical (unpaired) electrons. The van der Waals surface area contributed by atoms with Gasteiger partial charge in [-0.15, -0.1) is 11.8 Å². The number of nitrogens with two attached hydrogens (primary N) is 1. The molecule has 1 amide bonds. The topological polar surface area (TPSA) is 68.0 Å². The molecule has 3 N–H and O–H groups in total. The predicted molar refractivity (Wildman–Crippen MR) is 80.1 cm³/mol. The van der Waals surface area contributed by atoms with E-state index >= 15 is 0 Å². The summed E-state index contributed by atoms with van der Waals surface area (Å²) in [4.78, 5) is 16.7. The van der Waals surface area contributed by atoms with E-state index in [1.54, 1.807) is 24.2 Å². The highest BCUT2D eigenvalue weighted by atomic mass is 32.2. The van der Waals surface area contributed by atoms with Gasteiger partial charge in [-0.25, -0.2) is 0 Å². The van der Waals surface area contributed by atoms with E-state index in [2.05, 4.69) is 17.2 Å². The van der Waals surface area contributed by atoms with Gasteiger partial charge < -0.3 is 11.1 Å². The Balaban J connectivity index is 2.34. The molecule has 19 heavy (non-hydrogen) atoms. The van der Waals surface area contributed by atoms with Crippen molar-refractivity contribution in [1.82, 2.24) is 10.3 Å². The third-order valence-electron chi connectivity index (χ3n) is 3.05. The fourth-order valence-corrected chi connectivity index (χ4v) is 2.59. The minimum absolute atomic E-state index is 0.269. The van der Waals surface area contributed by atoms with Gasteiger partial charge in [0.25, 0.3) is 0 Å². The van der Waals surface area contributed by atoms with E-state index in [9.17, 15) is 4.79 Å². The lowest BCUT2D eigenvalue weighted by atomic mass is 9.95. The summed E-state index contributed by atoms with van der Waals surface area (Å²) in [6.45, 7) is 4.78. The Bertz CT molecular complexity index is 386. The molecule has 0 aromatic carbocycles. The third kappa shape index (κ3) is 5.61. The molecule has 5 heteroatoms. The van der Waals surface area contributed by atoms with Crippen molar-refractivity contribution in [3.63, 3.8) is 0 Å². The molecule has 1 aromatic rings. The maximum Gasteiger partial charge on any atom is 0.237 e. The van der Waals surface area contributed by atoms with Crippen molar-refractivity contribution in [3.8, 4) is 0 Å². The van der Waals surface area contributed by atoms with Gasteiger partial charge in [0, 0.05) is 17.3 Å². The molecule has 0 spiro atoms. The summed E-state index contributed by atoms with van der Waals surface area (Å²) in [5, 5.41) is 3.25. The van der Waals surface area contributed by atoms with Crippen molar-refractivity contribution < 1.29 is 4.79 Å². The predicted octanol–water partition coefficient (Wildman–Crippen LogP) is 2.20. The van der Waals surface area contributed by atoms with Gasteiger partial charge in [0.05, 0.1) is 5.54 Å². The Morgan fingerprint density at radius 1 is 1.47 bits per heavy atom. The lowest BCUT2D eigenvalue weighted by Gasteiger charge is -2.27. The first-order valence-electron chi connectivity index (χ1n) is 6.66. The summed E-state index contributed by atoms with van der Waals surface area (Å²) in [6.07, 6.45) is 6.29. The molecule has 1 heterocycles. The molecule has 0 aliphatic carbocycles. The van der Waals surface area contributed by atoms with Gasteiger partial charge in [-0.05, 0) is 50.6 Å². The number of carbonyl (C=O) groups is 1. The molecule has 1 unspecified atom stereocenters. The van der Waals surface area contributed by atoms with E-state index in [0.29, 0.717) is 0 Å². The van der Waals surface area contributed by atoms with Crippen LogP contribution in [0, 0.1) is 0 Å². The minimum atomic E-state index is -0.588. The third-order valence-corrected chi connectivity index (χ3v) is 4.15. The lowest BCUT2D eigenvalue weighted by Crippen LogP contribution is -2.53. The number of thioether (sulfide) groups is 1. The van der Waals surface area contributed by atoms with Crippen molar-refractivity contribution in [2.24, 2.45) is 5.73 Å². The Kier molecular flexibility index (Phi) is 6.87. The molecule has 0 aliphatic rings. The molecule has 4 nitrogen and oxygen atoms in total. The van der Waals surface area contributed by atoms with Crippen LogP contribution in [0.3, 0.4) is 0 Å². The second-order valence-electron chi connectivity index (χ2n) is 4.76. The number of rotatable bonds is 9. The second-order valence-corrected chi connectivity index (χ2v) is 5.93. The van der Waals surface area contributed by atoms with Gasteiger partial charge in [0.2, 0.25) is 5.91 Å². The summed E-state index contributed by atoms with van der Waals surface area (Å²) in [5.41, 5.74) is 4.90. The molecule has 0 bridgehead atoms. The first kappa shape index (κ1) is 16.0. The Hall–Kier alpha value is -1.07. The zero-order chi connectivity index (χ0) is 14.1. The SMILES string of the molecule is CCCNC(C)(CCCSc1ccncc1)C(N)=O. The molecule has 0 fully saturated rings. The molecule has 1 rings (SSSR count). The quantitative estimate of drug-likeness (QED) is 0.538. The standard InChI is InChI=1S/C14H23N3OS/c1-3-8-17-14(2,13(15)18)7-4-11-19-12-5-9-16-10-6-12/h5-6,9-10,17H,3-4,7-8,11H2,1-2H3,(H2,15,18). The maximum absolute atomic E-state index is 11.5. The Labute approximate surface area is 119 Å². The summed E-state index contributed by atoms with van der Waals surface area (Å²) in [7, 11) is 0. The van der Waals surface area contributed by atoms with E-state index in [4.69, 9.17) is 5.73 Å². The van der Waals surface area contributed by atoms with Crippen LogP contribution in [-0.4, -0.2) is 28.7 Å². The Morgan fingerprint density at radius 3 is 2.74 bits per heavy atom. The highest BCUT2D eigenvalue weighted by Crippen LogP contribution is 2.20. The van der Waals surface area contributed by atoms with E-state index < -0.39 is 5.54 Å². The van der Waals surface area contributed by atoms with E-state index in [0.717, 1.165) is 31.6 Å². The summed E-state index contributed by atoms with van der Waals surface area (Å²) in [6, 6.07) is 3.99. The maximum atomic E-state index is 11.5. The zero-order valence-corrected chi connectivity index (χ0v) is 12.5. The summed E-state index contributed by atoms with van der Waals surface area (Å²) < 4.78 is 0. The number of primary amides is 1. The van der Waals surface area contributed by atoms with Gasteiger partial charge in [-0.2, -0.15) is 0 Å². The molecular formula is C14H23N3OS. The van der Waals surface area contributed by atoms with Gasteiger partial charge in [0.15, 0.2) is 0 Å². The average molecular weight is 281 g/mol. The molecular weight excluding hydrogens is 258 g/mol.